The summed E-state index contributed by atoms with van der Waals surface area (Å²) in [7, 11) is 0. The summed E-state index contributed by atoms with van der Waals surface area (Å²) in [5, 5.41) is 13.5. The van der Waals surface area contributed by atoms with E-state index in [0.29, 0.717) is 11.4 Å². The first-order valence-corrected chi connectivity index (χ1v) is 8.32. The zero-order valence-corrected chi connectivity index (χ0v) is 13.9. The Labute approximate surface area is 151 Å². The van der Waals surface area contributed by atoms with Gasteiger partial charge in [-0.25, -0.2) is 4.79 Å². The highest BCUT2D eigenvalue weighted by Gasteiger charge is 2.53. The van der Waals surface area contributed by atoms with E-state index in [0.717, 1.165) is 11.1 Å². The van der Waals surface area contributed by atoms with Gasteiger partial charge in [-0.1, -0.05) is 60.7 Å². The van der Waals surface area contributed by atoms with Gasteiger partial charge in [0.25, 0.3) is 0 Å². The largest absolute Gasteiger partial charge is 0.479 e. The molecule has 5 nitrogen and oxygen atoms in total. The molecule has 0 spiro atoms. The number of carboxylic acid groups (broad SMARTS) is 1. The van der Waals surface area contributed by atoms with Crippen LogP contribution in [0.3, 0.4) is 0 Å². The average Bonchev–Trinajstić information content (AvgIpc) is 3.12. The van der Waals surface area contributed by atoms with Gasteiger partial charge in [0.2, 0.25) is 0 Å². The SMILES string of the molecule is O=C(O)C1(c2ccccc2)NC(c2ccccc2)=NC1c1ccncc1. The van der Waals surface area contributed by atoms with Crippen molar-refractivity contribution in [2.45, 2.75) is 11.6 Å². The van der Waals surface area contributed by atoms with Crippen LogP contribution in [0.15, 0.2) is 90.2 Å². The molecule has 0 radical (unpaired) electrons. The number of aliphatic imine (C=N–C) groups is 1. The Morgan fingerprint density at radius 1 is 0.923 bits per heavy atom. The number of amidine groups is 1. The van der Waals surface area contributed by atoms with Crippen LogP contribution in [-0.2, 0) is 10.3 Å². The lowest BCUT2D eigenvalue weighted by Crippen LogP contribution is -2.51. The van der Waals surface area contributed by atoms with Crippen LogP contribution < -0.4 is 5.32 Å². The molecule has 2 N–H and O–H groups in total. The van der Waals surface area contributed by atoms with Crippen LogP contribution in [0.25, 0.3) is 0 Å². The second kappa shape index (κ2) is 6.44. The minimum absolute atomic E-state index is 0.568. The molecule has 3 aromatic rings. The summed E-state index contributed by atoms with van der Waals surface area (Å²) >= 11 is 0. The monoisotopic (exact) mass is 343 g/mol. The quantitative estimate of drug-likeness (QED) is 0.763. The molecule has 2 heterocycles. The van der Waals surface area contributed by atoms with Crippen molar-refractivity contribution in [1.82, 2.24) is 10.3 Å². The molecule has 2 unspecified atom stereocenters. The fourth-order valence-corrected chi connectivity index (χ4v) is 3.35. The number of nitrogens with one attached hydrogen (secondary N) is 1. The Bertz CT molecular complexity index is 943. The molecular weight excluding hydrogens is 326 g/mol. The van der Waals surface area contributed by atoms with Crippen LogP contribution in [0, 0.1) is 0 Å². The van der Waals surface area contributed by atoms with Crippen LogP contribution in [-0.4, -0.2) is 21.9 Å². The number of pyridine rings is 1. The highest BCUT2D eigenvalue weighted by molar-refractivity contribution is 6.04. The van der Waals surface area contributed by atoms with Crippen molar-refractivity contribution < 1.29 is 9.90 Å². The molecule has 0 amide bonds. The van der Waals surface area contributed by atoms with E-state index in [-0.39, 0.29) is 0 Å². The van der Waals surface area contributed by atoms with Crippen molar-refractivity contribution in [2.75, 3.05) is 0 Å². The summed E-state index contributed by atoms with van der Waals surface area (Å²) < 4.78 is 0. The zero-order valence-electron chi connectivity index (χ0n) is 13.9. The topological polar surface area (TPSA) is 74.6 Å². The minimum atomic E-state index is -1.38. The smallest absolute Gasteiger partial charge is 0.336 e. The maximum atomic E-state index is 12.5. The first kappa shape index (κ1) is 16.0. The third-order valence-corrected chi connectivity index (χ3v) is 4.62. The van der Waals surface area contributed by atoms with Gasteiger partial charge in [-0.15, -0.1) is 0 Å². The summed E-state index contributed by atoms with van der Waals surface area (Å²) in [6.07, 6.45) is 3.31. The lowest BCUT2D eigenvalue weighted by atomic mass is 9.80. The number of nitrogens with zero attached hydrogens (tertiary/aromatic N) is 2. The van der Waals surface area contributed by atoms with Crippen molar-refractivity contribution in [2.24, 2.45) is 4.99 Å². The van der Waals surface area contributed by atoms with Crippen LogP contribution in [0.2, 0.25) is 0 Å². The minimum Gasteiger partial charge on any atom is -0.479 e. The van der Waals surface area contributed by atoms with Gasteiger partial charge in [-0.2, -0.15) is 0 Å². The van der Waals surface area contributed by atoms with E-state index in [9.17, 15) is 9.90 Å². The summed E-state index contributed by atoms with van der Waals surface area (Å²) in [5.41, 5.74) is 0.924. The highest BCUT2D eigenvalue weighted by Crippen LogP contribution is 2.42. The van der Waals surface area contributed by atoms with E-state index < -0.39 is 17.6 Å². The van der Waals surface area contributed by atoms with Gasteiger partial charge >= 0.3 is 5.97 Å². The number of hydrogen-bond acceptors (Lipinski definition) is 4. The van der Waals surface area contributed by atoms with Crippen LogP contribution >= 0.6 is 0 Å². The number of aromatic nitrogens is 1. The van der Waals surface area contributed by atoms with E-state index in [2.05, 4.69) is 10.3 Å². The molecule has 1 aliphatic heterocycles. The van der Waals surface area contributed by atoms with Crippen LogP contribution in [0.1, 0.15) is 22.7 Å². The number of hydrogen-bond donors (Lipinski definition) is 2. The molecule has 1 aromatic heterocycles. The molecule has 0 saturated heterocycles. The van der Waals surface area contributed by atoms with Crippen molar-refractivity contribution >= 4 is 11.8 Å². The second-order valence-corrected chi connectivity index (χ2v) is 6.13. The molecule has 4 rings (SSSR count). The summed E-state index contributed by atoms with van der Waals surface area (Å²) in [6, 6.07) is 21.8. The standard InChI is InChI=1S/C21H17N3O2/c25-20(26)21(17-9-5-2-6-10-17)18(15-11-13-22-14-12-15)23-19(24-21)16-7-3-1-4-8-16/h1-14,18H,(H,23,24)(H,25,26). The van der Waals surface area contributed by atoms with E-state index in [1.165, 1.54) is 0 Å². The average molecular weight is 343 g/mol. The normalized spacial score (nSPS) is 21.7. The van der Waals surface area contributed by atoms with Crippen molar-refractivity contribution in [3.63, 3.8) is 0 Å². The van der Waals surface area contributed by atoms with E-state index in [1.807, 2.05) is 72.8 Å². The van der Waals surface area contributed by atoms with Gasteiger partial charge in [-0.3, -0.25) is 9.98 Å². The lowest BCUT2D eigenvalue weighted by Gasteiger charge is -2.31. The Morgan fingerprint density at radius 3 is 2.15 bits per heavy atom. The summed E-state index contributed by atoms with van der Waals surface area (Å²) in [4.78, 5) is 21.4. The number of carboxylic acids is 1. The van der Waals surface area contributed by atoms with Gasteiger partial charge < -0.3 is 10.4 Å². The predicted octanol–water partition coefficient (Wildman–Crippen LogP) is 3.15. The third-order valence-electron chi connectivity index (χ3n) is 4.62. The fourth-order valence-electron chi connectivity index (χ4n) is 3.35. The molecule has 0 bridgehead atoms. The van der Waals surface area contributed by atoms with Gasteiger partial charge in [-0.05, 0) is 23.3 Å². The number of aliphatic carboxylic acids is 1. The second-order valence-electron chi connectivity index (χ2n) is 6.13. The van der Waals surface area contributed by atoms with Gasteiger partial charge in [0.1, 0.15) is 11.9 Å². The first-order valence-electron chi connectivity index (χ1n) is 8.32. The van der Waals surface area contributed by atoms with Gasteiger partial charge in [0.15, 0.2) is 5.54 Å². The van der Waals surface area contributed by atoms with Crippen molar-refractivity contribution in [3.8, 4) is 0 Å². The number of benzene rings is 2. The molecule has 0 fully saturated rings. The molecule has 0 saturated carbocycles. The number of rotatable bonds is 4. The zero-order chi connectivity index (χ0) is 18.0. The first-order chi connectivity index (χ1) is 12.7. The van der Waals surface area contributed by atoms with Crippen molar-refractivity contribution in [1.29, 1.82) is 0 Å². The Kier molecular flexibility index (Phi) is 3.97. The molecule has 26 heavy (non-hydrogen) atoms. The summed E-state index contributed by atoms with van der Waals surface area (Å²) in [6.45, 7) is 0. The van der Waals surface area contributed by atoms with E-state index >= 15 is 0 Å². The molecule has 5 heteroatoms. The van der Waals surface area contributed by atoms with Crippen LogP contribution in [0.5, 0.6) is 0 Å². The highest BCUT2D eigenvalue weighted by atomic mass is 16.4. The van der Waals surface area contributed by atoms with Crippen molar-refractivity contribution in [3.05, 3.63) is 102 Å². The molecule has 0 aliphatic carbocycles. The molecule has 2 atom stereocenters. The van der Waals surface area contributed by atoms with E-state index in [1.54, 1.807) is 12.4 Å². The Morgan fingerprint density at radius 2 is 1.54 bits per heavy atom. The maximum Gasteiger partial charge on any atom is 0.336 e. The molecular formula is C21H17N3O2. The predicted molar refractivity (Wildman–Crippen MR) is 98.8 cm³/mol. The van der Waals surface area contributed by atoms with Gasteiger partial charge in [0, 0.05) is 18.0 Å². The maximum absolute atomic E-state index is 12.5. The number of carbonyl (C=O) groups is 1. The molecule has 2 aromatic carbocycles. The van der Waals surface area contributed by atoms with E-state index in [4.69, 9.17) is 4.99 Å². The van der Waals surface area contributed by atoms with Gasteiger partial charge in [0.05, 0.1) is 0 Å². The molecule has 128 valence electrons. The van der Waals surface area contributed by atoms with Crippen LogP contribution in [0.4, 0.5) is 0 Å². The Balaban J connectivity index is 1.91. The fraction of sp³-hybridized carbons (Fsp3) is 0.0952. The Hall–Kier alpha value is -3.47. The lowest BCUT2D eigenvalue weighted by molar-refractivity contribution is -0.145. The summed E-state index contributed by atoms with van der Waals surface area (Å²) in [5.74, 6) is -0.404. The third kappa shape index (κ3) is 2.54. The molecule has 1 aliphatic rings.